The molecule has 1 aromatic carbocycles. The van der Waals surface area contributed by atoms with Crippen molar-refractivity contribution in [3.05, 3.63) is 41.5 Å². The van der Waals surface area contributed by atoms with Crippen LogP contribution in [0.2, 0.25) is 0 Å². The number of allylic oxidation sites excluding steroid dienone is 2. The van der Waals surface area contributed by atoms with Crippen LogP contribution in [0.25, 0.3) is 5.57 Å². The fourth-order valence-corrected chi connectivity index (χ4v) is 2.20. The first-order valence-corrected chi connectivity index (χ1v) is 5.65. The Bertz CT molecular complexity index is 432. The Morgan fingerprint density at radius 3 is 2.94 bits per heavy atom. The van der Waals surface area contributed by atoms with Crippen LogP contribution >= 0.6 is 0 Å². The van der Waals surface area contributed by atoms with Gasteiger partial charge in [0.15, 0.2) is 0 Å². The summed E-state index contributed by atoms with van der Waals surface area (Å²) in [5.74, 6) is -0.876. The molecule has 0 radical (unpaired) electrons. The van der Waals surface area contributed by atoms with Crippen molar-refractivity contribution in [3.8, 4) is 0 Å². The number of benzene rings is 1. The van der Waals surface area contributed by atoms with Gasteiger partial charge in [0.2, 0.25) is 0 Å². The molecule has 0 heterocycles. The summed E-state index contributed by atoms with van der Waals surface area (Å²) in [6, 6.07) is 8.26. The van der Waals surface area contributed by atoms with E-state index in [0.29, 0.717) is 6.42 Å². The number of aliphatic carboxylic acids is 1. The Balaban J connectivity index is 2.22. The molecule has 0 saturated heterocycles. The van der Waals surface area contributed by atoms with Crippen LogP contribution < -0.4 is 0 Å². The maximum atomic E-state index is 11.0. The average molecular weight is 216 g/mol. The van der Waals surface area contributed by atoms with Gasteiger partial charge in [-0.15, -0.1) is 0 Å². The number of carboxylic acid groups (broad SMARTS) is 1. The zero-order valence-electron chi connectivity index (χ0n) is 9.44. The number of hydrogen-bond acceptors (Lipinski definition) is 1. The lowest BCUT2D eigenvalue weighted by atomic mass is 9.85. The van der Waals surface area contributed by atoms with Gasteiger partial charge >= 0.3 is 5.97 Å². The Hall–Kier alpha value is -1.57. The molecule has 0 unspecified atom stereocenters. The Morgan fingerprint density at radius 1 is 1.44 bits per heavy atom. The van der Waals surface area contributed by atoms with Crippen LogP contribution in [-0.2, 0) is 4.79 Å². The third kappa shape index (κ3) is 2.32. The van der Waals surface area contributed by atoms with Gasteiger partial charge < -0.3 is 5.11 Å². The van der Waals surface area contributed by atoms with E-state index < -0.39 is 5.97 Å². The first-order valence-electron chi connectivity index (χ1n) is 5.65. The number of carbonyl (C=O) groups is 1. The van der Waals surface area contributed by atoms with Gasteiger partial charge in [0.25, 0.3) is 0 Å². The van der Waals surface area contributed by atoms with Crippen molar-refractivity contribution < 1.29 is 9.90 Å². The number of hydrogen-bond donors (Lipinski definition) is 1. The van der Waals surface area contributed by atoms with E-state index >= 15 is 0 Å². The fraction of sp³-hybridized carbons (Fsp3) is 0.357. The minimum absolute atomic E-state index is 0.208. The molecule has 1 N–H and O–H groups in total. The van der Waals surface area contributed by atoms with E-state index in [1.807, 2.05) is 6.07 Å². The Morgan fingerprint density at radius 2 is 2.25 bits per heavy atom. The fourth-order valence-electron chi connectivity index (χ4n) is 2.20. The molecule has 16 heavy (non-hydrogen) atoms. The van der Waals surface area contributed by atoms with E-state index in [2.05, 4.69) is 31.2 Å². The Labute approximate surface area is 95.6 Å². The highest BCUT2D eigenvalue weighted by molar-refractivity contribution is 5.76. The molecule has 0 fully saturated rings. The van der Waals surface area contributed by atoms with Gasteiger partial charge in [-0.25, -0.2) is 0 Å². The molecule has 2 heteroatoms. The second-order valence-corrected chi connectivity index (χ2v) is 4.42. The standard InChI is InChI=1S/C14H16O2/c1-10-4-2-5-11(8-10)12-6-3-7-13(9-12)14(15)16/h2,4-6,8,13H,3,7,9H2,1H3,(H,15,16)/t13-/m1/s1. The number of aryl methyl sites for hydroxylation is 1. The van der Waals surface area contributed by atoms with Crippen LogP contribution in [0.5, 0.6) is 0 Å². The highest BCUT2D eigenvalue weighted by atomic mass is 16.4. The second-order valence-electron chi connectivity index (χ2n) is 4.42. The second kappa shape index (κ2) is 4.52. The largest absolute Gasteiger partial charge is 0.481 e. The summed E-state index contributed by atoms with van der Waals surface area (Å²) in [7, 11) is 0. The summed E-state index contributed by atoms with van der Waals surface area (Å²) in [5, 5.41) is 9.03. The van der Waals surface area contributed by atoms with Crippen LogP contribution in [0, 0.1) is 12.8 Å². The van der Waals surface area contributed by atoms with E-state index in [1.165, 1.54) is 16.7 Å². The molecule has 0 aliphatic heterocycles. The van der Waals surface area contributed by atoms with Crippen molar-refractivity contribution in [1.29, 1.82) is 0 Å². The van der Waals surface area contributed by atoms with E-state index in [-0.39, 0.29) is 5.92 Å². The molecule has 2 rings (SSSR count). The predicted octanol–water partition coefficient (Wildman–Crippen LogP) is 3.26. The molecular weight excluding hydrogens is 200 g/mol. The molecule has 2 nitrogen and oxygen atoms in total. The van der Waals surface area contributed by atoms with Crippen LogP contribution in [0.4, 0.5) is 0 Å². The maximum absolute atomic E-state index is 11.0. The summed E-state index contributed by atoms with van der Waals surface area (Å²) in [6.45, 7) is 2.06. The SMILES string of the molecule is Cc1cccc(C2=CCC[C@@H](C(=O)O)C2)c1. The highest BCUT2D eigenvalue weighted by Gasteiger charge is 2.22. The summed E-state index contributed by atoms with van der Waals surface area (Å²) in [5.41, 5.74) is 3.57. The van der Waals surface area contributed by atoms with Gasteiger partial charge in [0.1, 0.15) is 0 Å². The van der Waals surface area contributed by atoms with Gasteiger partial charge in [0, 0.05) is 0 Å². The summed E-state index contributed by atoms with van der Waals surface area (Å²) in [4.78, 5) is 11.0. The smallest absolute Gasteiger partial charge is 0.306 e. The molecule has 0 saturated carbocycles. The summed E-state index contributed by atoms with van der Waals surface area (Å²) < 4.78 is 0. The van der Waals surface area contributed by atoms with Crippen molar-refractivity contribution in [2.45, 2.75) is 26.2 Å². The van der Waals surface area contributed by atoms with E-state index in [0.717, 1.165) is 12.8 Å². The first kappa shape index (κ1) is 10.9. The minimum atomic E-state index is -0.668. The molecule has 0 spiro atoms. The van der Waals surface area contributed by atoms with Crippen LogP contribution in [0.15, 0.2) is 30.3 Å². The Kier molecular flexibility index (Phi) is 3.09. The quantitative estimate of drug-likeness (QED) is 0.823. The van der Waals surface area contributed by atoms with Crippen molar-refractivity contribution in [1.82, 2.24) is 0 Å². The van der Waals surface area contributed by atoms with Gasteiger partial charge in [-0.2, -0.15) is 0 Å². The van der Waals surface area contributed by atoms with Crippen LogP contribution in [0.1, 0.15) is 30.4 Å². The van der Waals surface area contributed by atoms with Gasteiger partial charge in [-0.1, -0.05) is 35.9 Å². The molecule has 1 aliphatic rings. The van der Waals surface area contributed by atoms with Crippen molar-refractivity contribution in [3.63, 3.8) is 0 Å². The molecule has 1 aromatic rings. The topological polar surface area (TPSA) is 37.3 Å². The minimum Gasteiger partial charge on any atom is -0.481 e. The molecule has 1 atom stereocenters. The first-order chi connectivity index (χ1) is 7.66. The number of carboxylic acids is 1. The summed E-state index contributed by atoms with van der Waals surface area (Å²) in [6.07, 6.45) is 4.48. The molecule has 0 bridgehead atoms. The van der Waals surface area contributed by atoms with Crippen molar-refractivity contribution in [2.24, 2.45) is 5.92 Å². The lowest BCUT2D eigenvalue weighted by Gasteiger charge is -2.19. The van der Waals surface area contributed by atoms with E-state index in [1.54, 1.807) is 0 Å². The highest BCUT2D eigenvalue weighted by Crippen LogP contribution is 2.31. The molecule has 0 aromatic heterocycles. The zero-order chi connectivity index (χ0) is 11.5. The average Bonchev–Trinajstić information content (AvgIpc) is 2.29. The third-order valence-corrected chi connectivity index (χ3v) is 3.11. The number of rotatable bonds is 2. The third-order valence-electron chi connectivity index (χ3n) is 3.11. The normalized spacial score (nSPS) is 20.3. The molecule has 1 aliphatic carbocycles. The maximum Gasteiger partial charge on any atom is 0.306 e. The lowest BCUT2D eigenvalue weighted by molar-refractivity contribution is -0.141. The van der Waals surface area contributed by atoms with E-state index in [4.69, 9.17) is 5.11 Å². The molecule has 0 amide bonds. The van der Waals surface area contributed by atoms with E-state index in [9.17, 15) is 4.79 Å². The molecular formula is C14H16O2. The van der Waals surface area contributed by atoms with Gasteiger partial charge in [-0.05, 0) is 37.3 Å². The van der Waals surface area contributed by atoms with Gasteiger partial charge in [-0.3, -0.25) is 4.79 Å². The van der Waals surface area contributed by atoms with Crippen LogP contribution in [0.3, 0.4) is 0 Å². The lowest BCUT2D eigenvalue weighted by Crippen LogP contribution is -2.16. The predicted molar refractivity (Wildman–Crippen MR) is 64.1 cm³/mol. The van der Waals surface area contributed by atoms with Crippen molar-refractivity contribution in [2.75, 3.05) is 0 Å². The molecule has 84 valence electrons. The summed E-state index contributed by atoms with van der Waals surface area (Å²) >= 11 is 0. The zero-order valence-corrected chi connectivity index (χ0v) is 9.44. The van der Waals surface area contributed by atoms with Gasteiger partial charge in [0.05, 0.1) is 5.92 Å². The van der Waals surface area contributed by atoms with Crippen LogP contribution in [-0.4, -0.2) is 11.1 Å². The van der Waals surface area contributed by atoms with Crippen molar-refractivity contribution >= 4 is 11.5 Å². The monoisotopic (exact) mass is 216 g/mol.